The molecule has 0 aliphatic carbocycles. The van der Waals surface area contributed by atoms with Crippen molar-refractivity contribution in [2.24, 2.45) is 5.92 Å². The van der Waals surface area contributed by atoms with E-state index in [-0.39, 0.29) is 0 Å². The van der Waals surface area contributed by atoms with E-state index in [2.05, 4.69) is 27.5 Å². The van der Waals surface area contributed by atoms with Crippen molar-refractivity contribution in [2.75, 3.05) is 19.6 Å². The molecule has 2 aromatic rings. The third kappa shape index (κ3) is 4.05. The first-order chi connectivity index (χ1) is 10.2. The maximum Gasteiger partial charge on any atom is 0.0798 e. The van der Waals surface area contributed by atoms with Gasteiger partial charge in [0.25, 0.3) is 0 Å². The highest BCUT2D eigenvalue weighted by Crippen LogP contribution is 2.26. The average molecular weight is 342 g/mol. The van der Waals surface area contributed by atoms with Gasteiger partial charge in [0.05, 0.1) is 16.2 Å². The minimum atomic E-state index is 0.747. The lowest BCUT2D eigenvalue weighted by Gasteiger charge is -2.24. The minimum absolute atomic E-state index is 0.747. The highest BCUT2D eigenvalue weighted by Gasteiger charge is 2.20. The number of nitrogens with zero attached hydrogens (tertiary/aromatic N) is 2. The van der Waals surface area contributed by atoms with Crippen LogP contribution in [0.2, 0.25) is 5.02 Å². The Kier molecular flexibility index (Phi) is 5.29. The third-order valence-electron chi connectivity index (χ3n) is 3.95. The Balaban J connectivity index is 1.70. The second-order valence-corrected chi connectivity index (χ2v) is 7.93. The van der Waals surface area contributed by atoms with Crippen molar-refractivity contribution in [3.05, 3.63) is 37.4 Å². The molecule has 6 heteroatoms. The Hall–Kier alpha value is -0.460. The molecule has 0 spiro atoms. The Bertz CT molecular complexity index is 533. The van der Waals surface area contributed by atoms with Crippen molar-refractivity contribution in [2.45, 2.75) is 26.4 Å². The van der Waals surface area contributed by atoms with Crippen LogP contribution >= 0.6 is 34.3 Å². The van der Waals surface area contributed by atoms with Gasteiger partial charge < -0.3 is 5.32 Å². The first-order valence-electron chi connectivity index (χ1n) is 7.26. The molecule has 1 aliphatic heterocycles. The molecule has 1 aliphatic rings. The van der Waals surface area contributed by atoms with Crippen LogP contribution < -0.4 is 5.32 Å². The van der Waals surface area contributed by atoms with E-state index >= 15 is 0 Å². The number of thiophene rings is 1. The number of rotatable bonds is 6. The Morgan fingerprint density at radius 2 is 2.24 bits per heavy atom. The molecule has 0 amide bonds. The zero-order chi connectivity index (χ0) is 14.7. The normalized spacial score (nSPS) is 18.7. The van der Waals surface area contributed by atoms with E-state index in [1.165, 1.54) is 16.2 Å². The van der Waals surface area contributed by atoms with E-state index in [1.807, 2.05) is 11.6 Å². The first-order valence-corrected chi connectivity index (χ1v) is 9.40. The predicted octanol–water partition coefficient (Wildman–Crippen LogP) is 3.78. The molecule has 0 bridgehead atoms. The molecule has 1 fully saturated rings. The smallest absolute Gasteiger partial charge is 0.0798 e. The van der Waals surface area contributed by atoms with Crippen LogP contribution in [-0.2, 0) is 13.1 Å². The zero-order valence-corrected chi connectivity index (χ0v) is 14.5. The van der Waals surface area contributed by atoms with E-state index < -0.39 is 0 Å². The molecule has 1 unspecified atom stereocenters. The molecular formula is C15H20ClN3S2. The van der Waals surface area contributed by atoms with E-state index in [0.29, 0.717) is 0 Å². The van der Waals surface area contributed by atoms with Crippen molar-refractivity contribution in [3.63, 3.8) is 0 Å². The summed E-state index contributed by atoms with van der Waals surface area (Å²) in [5.41, 5.74) is 3.10. The predicted molar refractivity (Wildman–Crippen MR) is 91.3 cm³/mol. The summed E-state index contributed by atoms with van der Waals surface area (Å²) in [7, 11) is 0. The minimum Gasteiger partial charge on any atom is -0.316 e. The van der Waals surface area contributed by atoms with Gasteiger partial charge in [0.1, 0.15) is 0 Å². The molecule has 1 N–H and O–H groups in total. The van der Waals surface area contributed by atoms with Gasteiger partial charge in [-0.2, -0.15) is 0 Å². The van der Waals surface area contributed by atoms with E-state index in [1.54, 1.807) is 22.7 Å². The van der Waals surface area contributed by atoms with Gasteiger partial charge in [0.2, 0.25) is 0 Å². The molecular weight excluding hydrogens is 322 g/mol. The Morgan fingerprint density at radius 3 is 2.86 bits per heavy atom. The standard InChI is InChI=1S/C15H20ClN3S2/c1-11-14(21-10-18-11)8-19(7-12-2-4-17-6-12)9-15-13(16)3-5-20-15/h3,5,10,12,17H,2,4,6-9H2,1H3. The Labute approximate surface area is 139 Å². The molecule has 0 saturated carbocycles. The molecule has 3 heterocycles. The fourth-order valence-electron chi connectivity index (χ4n) is 2.74. The fraction of sp³-hybridized carbons (Fsp3) is 0.533. The summed E-state index contributed by atoms with van der Waals surface area (Å²) in [4.78, 5) is 9.53. The number of hydrogen-bond acceptors (Lipinski definition) is 5. The summed E-state index contributed by atoms with van der Waals surface area (Å²) in [5.74, 6) is 0.747. The van der Waals surface area contributed by atoms with Gasteiger partial charge in [-0.3, -0.25) is 4.90 Å². The van der Waals surface area contributed by atoms with Gasteiger partial charge >= 0.3 is 0 Å². The highest BCUT2D eigenvalue weighted by molar-refractivity contribution is 7.10. The molecule has 114 valence electrons. The Morgan fingerprint density at radius 1 is 1.38 bits per heavy atom. The number of thiazole rings is 1. The average Bonchev–Trinajstić information content (AvgIpc) is 3.17. The molecule has 3 nitrogen and oxygen atoms in total. The van der Waals surface area contributed by atoms with Crippen molar-refractivity contribution in [1.29, 1.82) is 0 Å². The number of aromatic nitrogens is 1. The van der Waals surface area contributed by atoms with Crippen LogP contribution in [0.5, 0.6) is 0 Å². The lowest BCUT2D eigenvalue weighted by Crippen LogP contribution is -2.29. The number of hydrogen-bond donors (Lipinski definition) is 1. The number of halogens is 1. The van der Waals surface area contributed by atoms with Crippen LogP contribution in [0.15, 0.2) is 17.0 Å². The van der Waals surface area contributed by atoms with Crippen LogP contribution in [0.4, 0.5) is 0 Å². The summed E-state index contributed by atoms with van der Waals surface area (Å²) in [6, 6.07) is 1.99. The zero-order valence-electron chi connectivity index (χ0n) is 12.1. The molecule has 0 radical (unpaired) electrons. The fourth-order valence-corrected chi connectivity index (χ4v) is 4.70. The van der Waals surface area contributed by atoms with Crippen LogP contribution in [-0.4, -0.2) is 29.5 Å². The maximum absolute atomic E-state index is 6.28. The van der Waals surface area contributed by atoms with Gasteiger partial charge in [0.15, 0.2) is 0 Å². The third-order valence-corrected chi connectivity index (χ3v) is 6.24. The topological polar surface area (TPSA) is 28.2 Å². The van der Waals surface area contributed by atoms with Crippen LogP contribution in [0.3, 0.4) is 0 Å². The summed E-state index contributed by atoms with van der Waals surface area (Å²) >= 11 is 9.78. The second-order valence-electron chi connectivity index (χ2n) is 5.58. The molecule has 3 rings (SSSR count). The monoisotopic (exact) mass is 341 g/mol. The van der Waals surface area contributed by atoms with E-state index in [4.69, 9.17) is 11.6 Å². The molecule has 1 atom stereocenters. The van der Waals surface area contributed by atoms with Crippen molar-refractivity contribution in [3.8, 4) is 0 Å². The van der Waals surface area contributed by atoms with Gasteiger partial charge in [-0.05, 0) is 43.8 Å². The highest BCUT2D eigenvalue weighted by atomic mass is 35.5. The molecule has 0 aromatic carbocycles. The summed E-state index contributed by atoms with van der Waals surface area (Å²) < 4.78 is 0. The van der Waals surface area contributed by atoms with Crippen LogP contribution in [0, 0.1) is 12.8 Å². The maximum atomic E-state index is 6.28. The van der Waals surface area contributed by atoms with Crippen LogP contribution in [0.1, 0.15) is 21.9 Å². The first kappa shape index (κ1) is 15.4. The van der Waals surface area contributed by atoms with Gasteiger partial charge in [-0.25, -0.2) is 4.98 Å². The summed E-state index contributed by atoms with van der Waals surface area (Å²) in [6.45, 7) is 7.41. The summed E-state index contributed by atoms with van der Waals surface area (Å²) in [5, 5.41) is 6.43. The SMILES string of the molecule is Cc1ncsc1CN(Cc1sccc1Cl)CC1CCNC1. The van der Waals surface area contributed by atoms with Gasteiger partial charge in [-0.15, -0.1) is 22.7 Å². The van der Waals surface area contributed by atoms with E-state index in [9.17, 15) is 0 Å². The van der Waals surface area contributed by atoms with Gasteiger partial charge in [0, 0.05) is 29.4 Å². The van der Waals surface area contributed by atoms with Crippen molar-refractivity contribution >= 4 is 34.3 Å². The van der Waals surface area contributed by atoms with Crippen molar-refractivity contribution in [1.82, 2.24) is 15.2 Å². The van der Waals surface area contributed by atoms with Crippen LogP contribution in [0.25, 0.3) is 0 Å². The number of aryl methyl sites for hydroxylation is 1. The number of nitrogens with one attached hydrogen (secondary N) is 1. The second kappa shape index (κ2) is 7.20. The van der Waals surface area contributed by atoms with E-state index in [0.717, 1.165) is 49.4 Å². The molecule has 1 saturated heterocycles. The molecule has 2 aromatic heterocycles. The van der Waals surface area contributed by atoms with Crippen molar-refractivity contribution < 1.29 is 0 Å². The van der Waals surface area contributed by atoms with Gasteiger partial charge in [-0.1, -0.05) is 11.6 Å². The summed E-state index contributed by atoms with van der Waals surface area (Å²) in [6.07, 6.45) is 1.27. The lowest BCUT2D eigenvalue weighted by atomic mass is 10.1. The quantitative estimate of drug-likeness (QED) is 0.866. The largest absolute Gasteiger partial charge is 0.316 e. The molecule has 21 heavy (non-hydrogen) atoms. The lowest BCUT2D eigenvalue weighted by molar-refractivity contribution is 0.224.